The third-order valence-corrected chi connectivity index (χ3v) is 3.44. The lowest BCUT2D eigenvalue weighted by Gasteiger charge is -2.37. The van der Waals surface area contributed by atoms with Gasteiger partial charge in [-0.15, -0.1) is 0 Å². The Labute approximate surface area is 120 Å². The first-order valence-electron chi connectivity index (χ1n) is 7.00. The molecule has 0 aromatic carbocycles. The number of hydrogen-bond acceptors (Lipinski definition) is 4. The van der Waals surface area contributed by atoms with Crippen molar-refractivity contribution in [3.8, 4) is 0 Å². The summed E-state index contributed by atoms with van der Waals surface area (Å²) in [5, 5.41) is 0. The van der Waals surface area contributed by atoms with E-state index in [1.807, 2.05) is 32.9 Å². The summed E-state index contributed by atoms with van der Waals surface area (Å²) in [4.78, 5) is 17.8. The molecule has 1 aromatic rings. The van der Waals surface area contributed by atoms with Gasteiger partial charge < -0.3 is 15.4 Å². The van der Waals surface area contributed by atoms with Gasteiger partial charge in [0.2, 0.25) is 0 Å². The Morgan fingerprint density at radius 2 is 2.05 bits per heavy atom. The number of carbonyl (C=O) groups excluding carboxylic acids is 1. The molecule has 1 aliphatic heterocycles. The molecule has 0 bridgehead atoms. The van der Waals surface area contributed by atoms with E-state index in [9.17, 15) is 4.79 Å². The van der Waals surface area contributed by atoms with Crippen LogP contribution < -0.4 is 5.73 Å². The maximum Gasteiger partial charge on any atom is 0.410 e. The minimum absolute atomic E-state index is 0.0707. The number of hydrogen-bond donors (Lipinski definition) is 1. The van der Waals surface area contributed by atoms with Gasteiger partial charge in [0, 0.05) is 37.4 Å². The Balaban J connectivity index is 1.97. The molecule has 0 unspecified atom stereocenters. The molecule has 1 saturated heterocycles. The number of nitrogens with zero attached hydrogens (tertiary/aromatic N) is 2. The van der Waals surface area contributed by atoms with Gasteiger partial charge in [0.05, 0.1) is 0 Å². The van der Waals surface area contributed by atoms with Crippen molar-refractivity contribution in [1.29, 1.82) is 0 Å². The zero-order valence-corrected chi connectivity index (χ0v) is 12.4. The van der Waals surface area contributed by atoms with Crippen LogP contribution in [0, 0.1) is 0 Å². The smallest absolute Gasteiger partial charge is 0.410 e. The van der Waals surface area contributed by atoms with E-state index in [-0.39, 0.29) is 18.1 Å². The predicted molar refractivity (Wildman–Crippen MR) is 77.4 cm³/mol. The van der Waals surface area contributed by atoms with E-state index < -0.39 is 5.60 Å². The normalized spacial score (nSPS) is 23.5. The van der Waals surface area contributed by atoms with Crippen molar-refractivity contribution >= 4 is 6.09 Å². The second-order valence-corrected chi connectivity index (χ2v) is 6.27. The molecule has 0 aliphatic carbocycles. The maximum atomic E-state index is 12.0. The lowest BCUT2D eigenvalue weighted by molar-refractivity contribution is 0.0186. The molecular weight excluding hydrogens is 254 g/mol. The van der Waals surface area contributed by atoms with E-state index >= 15 is 0 Å². The second-order valence-electron chi connectivity index (χ2n) is 6.27. The monoisotopic (exact) mass is 277 g/mol. The molecule has 20 heavy (non-hydrogen) atoms. The van der Waals surface area contributed by atoms with Gasteiger partial charge in [-0.25, -0.2) is 4.79 Å². The maximum absolute atomic E-state index is 12.0. The number of rotatable bonds is 1. The van der Waals surface area contributed by atoms with Crippen molar-refractivity contribution in [2.75, 3.05) is 13.1 Å². The topological polar surface area (TPSA) is 68.5 Å². The molecule has 2 rings (SSSR count). The average molecular weight is 277 g/mol. The summed E-state index contributed by atoms with van der Waals surface area (Å²) in [6.45, 7) is 6.81. The Morgan fingerprint density at radius 3 is 2.60 bits per heavy atom. The summed E-state index contributed by atoms with van der Waals surface area (Å²) < 4.78 is 5.39. The summed E-state index contributed by atoms with van der Waals surface area (Å²) in [6.07, 6.45) is 4.13. The highest BCUT2D eigenvalue weighted by molar-refractivity contribution is 5.68. The number of pyridine rings is 1. The van der Waals surface area contributed by atoms with Gasteiger partial charge in [0.15, 0.2) is 0 Å². The summed E-state index contributed by atoms with van der Waals surface area (Å²) in [5.41, 5.74) is 6.96. The Kier molecular flexibility index (Phi) is 4.28. The highest BCUT2D eigenvalue weighted by atomic mass is 16.6. The SMILES string of the molecule is CC(C)(C)OC(=O)N1CC[C@H](c2ccncc2)[C@H](N)C1. The fraction of sp³-hybridized carbons (Fsp3) is 0.600. The Morgan fingerprint density at radius 1 is 1.40 bits per heavy atom. The third kappa shape index (κ3) is 3.70. The number of piperidine rings is 1. The van der Waals surface area contributed by atoms with Crippen LogP contribution in [0.25, 0.3) is 0 Å². The third-order valence-electron chi connectivity index (χ3n) is 3.44. The van der Waals surface area contributed by atoms with Crippen LogP contribution in [0.2, 0.25) is 0 Å². The number of nitrogens with two attached hydrogens (primary N) is 1. The highest BCUT2D eigenvalue weighted by Crippen LogP contribution is 2.27. The molecule has 1 aromatic heterocycles. The van der Waals surface area contributed by atoms with Gasteiger partial charge in [-0.05, 0) is 44.9 Å². The van der Waals surface area contributed by atoms with Gasteiger partial charge in [0.1, 0.15) is 5.60 Å². The molecule has 110 valence electrons. The van der Waals surface area contributed by atoms with Crippen molar-refractivity contribution in [2.45, 2.75) is 44.8 Å². The number of likely N-dealkylation sites (tertiary alicyclic amines) is 1. The van der Waals surface area contributed by atoms with E-state index in [0.29, 0.717) is 13.1 Å². The van der Waals surface area contributed by atoms with Crippen molar-refractivity contribution in [1.82, 2.24) is 9.88 Å². The molecule has 2 atom stereocenters. The van der Waals surface area contributed by atoms with Crippen LogP contribution in [0.3, 0.4) is 0 Å². The molecule has 0 radical (unpaired) electrons. The Hall–Kier alpha value is -1.62. The fourth-order valence-corrected chi connectivity index (χ4v) is 2.50. The lowest BCUT2D eigenvalue weighted by Crippen LogP contribution is -2.50. The van der Waals surface area contributed by atoms with Crippen molar-refractivity contribution < 1.29 is 9.53 Å². The van der Waals surface area contributed by atoms with E-state index in [1.165, 1.54) is 5.56 Å². The number of amides is 1. The minimum atomic E-state index is -0.469. The molecule has 1 amide bonds. The van der Waals surface area contributed by atoms with Crippen LogP contribution in [0.5, 0.6) is 0 Å². The van der Waals surface area contributed by atoms with Crippen LogP contribution in [0.15, 0.2) is 24.5 Å². The van der Waals surface area contributed by atoms with Crippen LogP contribution >= 0.6 is 0 Å². The molecule has 1 fully saturated rings. The van der Waals surface area contributed by atoms with Gasteiger partial charge in [0.25, 0.3) is 0 Å². The number of ether oxygens (including phenoxy) is 1. The molecule has 2 heterocycles. The molecule has 0 spiro atoms. The first-order valence-corrected chi connectivity index (χ1v) is 7.00. The number of aromatic nitrogens is 1. The molecule has 2 N–H and O–H groups in total. The largest absolute Gasteiger partial charge is 0.444 e. The molecule has 5 nitrogen and oxygen atoms in total. The van der Waals surface area contributed by atoms with Gasteiger partial charge in [-0.3, -0.25) is 4.98 Å². The fourth-order valence-electron chi connectivity index (χ4n) is 2.50. The van der Waals surface area contributed by atoms with Crippen LogP contribution in [-0.2, 0) is 4.74 Å². The second kappa shape index (κ2) is 5.79. The van der Waals surface area contributed by atoms with Crippen LogP contribution in [0.1, 0.15) is 38.7 Å². The lowest BCUT2D eigenvalue weighted by atomic mass is 9.86. The van der Waals surface area contributed by atoms with Gasteiger partial charge >= 0.3 is 6.09 Å². The highest BCUT2D eigenvalue weighted by Gasteiger charge is 2.32. The zero-order chi connectivity index (χ0) is 14.8. The van der Waals surface area contributed by atoms with Crippen LogP contribution in [-0.4, -0.2) is 40.7 Å². The molecule has 5 heteroatoms. The summed E-state index contributed by atoms with van der Waals surface area (Å²) in [5.74, 6) is 0.275. The zero-order valence-electron chi connectivity index (χ0n) is 12.4. The summed E-state index contributed by atoms with van der Waals surface area (Å²) in [7, 11) is 0. The minimum Gasteiger partial charge on any atom is -0.444 e. The van der Waals surface area contributed by atoms with Crippen molar-refractivity contribution in [3.63, 3.8) is 0 Å². The van der Waals surface area contributed by atoms with E-state index in [4.69, 9.17) is 10.5 Å². The van der Waals surface area contributed by atoms with Gasteiger partial charge in [-0.2, -0.15) is 0 Å². The predicted octanol–water partition coefficient (Wildman–Crippen LogP) is 2.13. The first kappa shape index (κ1) is 14.8. The summed E-state index contributed by atoms with van der Waals surface area (Å²) in [6, 6.07) is 3.92. The molecule has 1 aliphatic rings. The quantitative estimate of drug-likeness (QED) is 0.854. The first-order chi connectivity index (χ1) is 9.37. The molecular formula is C15H23N3O2. The molecule has 0 saturated carbocycles. The van der Waals surface area contributed by atoms with E-state index in [2.05, 4.69) is 4.98 Å². The average Bonchev–Trinajstić information content (AvgIpc) is 2.37. The van der Waals surface area contributed by atoms with Gasteiger partial charge in [-0.1, -0.05) is 0 Å². The number of carbonyl (C=O) groups is 1. The standard InChI is InChI=1S/C15H23N3O2/c1-15(2,3)20-14(19)18-9-6-12(13(16)10-18)11-4-7-17-8-5-11/h4-5,7-8,12-13H,6,9-10,16H2,1-3H3/t12-,13-/m1/s1. The summed E-state index contributed by atoms with van der Waals surface area (Å²) >= 11 is 0. The van der Waals surface area contributed by atoms with E-state index in [1.54, 1.807) is 17.3 Å². The Bertz CT molecular complexity index is 456. The van der Waals surface area contributed by atoms with Crippen molar-refractivity contribution in [3.05, 3.63) is 30.1 Å². The van der Waals surface area contributed by atoms with Crippen molar-refractivity contribution in [2.24, 2.45) is 5.73 Å². The van der Waals surface area contributed by atoms with E-state index in [0.717, 1.165) is 6.42 Å². The van der Waals surface area contributed by atoms with Crippen LogP contribution in [0.4, 0.5) is 4.79 Å².